The first-order chi connectivity index (χ1) is 13.8. The molecule has 0 aliphatic carbocycles. The second-order valence-electron chi connectivity index (χ2n) is 6.60. The van der Waals surface area contributed by atoms with Crippen LogP contribution >= 0.6 is 11.3 Å². The Morgan fingerprint density at radius 3 is 2.79 bits per heavy atom. The second kappa shape index (κ2) is 7.20. The van der Waals surface area contributed by atoms with E-state index in [9.17, 15) is 18.0 Å². The Bertz CT molecular complexity index is 1260. The van der Waals surface area contributed by atoms with Crippen molar-refractivity contribution in [3.05, 3.63) is 52.1 Å². The number of thiazole rings is 1. The van der Waals surface area contributed by atoms with Gasteiger partial charge in [-0.25, -0.2) is 8.42 Å². The number of rotatable bonds is 4. The summed E-state index contributed by atoms with van der Waals surface area (Å²) in [6, 6.07) is 11.9. The van der Waals surface area contributed by atoms with Crippen molar-refractivity contribution < 1.29 is 17.9 Å². The van der Waals surface area contributed by atoms with E-state index in [1.165, 1.54) is 4.31 Å². The van der Waals surface area contributed by atoms with Gasteiger partial charge < -0.3 is 14.6 Å². The molecule has 1 aromatic heterocycles. The first-order valence-electron chi connectivity index (χ1n) is 8.96. The summed E-state index contributed by atoms with van der Waals surface area (Å²) in [6.45, 7) is 1.45. The molecule has 152 valence electrons. The van der Waals surface area contributed by atoms with Crippen LogP contribution in [0.1, 0.15) is 6.92 Å². The summed E-state index contributed by atoms with van der Waals surface area (Å²) in [5.41, 5.74) is 1.71. The normalized spacial score (nSPS) is 16.3. The molecule has 0 unspecified atom stereocenters. The minimum absolute atomic E-state index is 0.0841. The van der Waals surface area contributed by atoms with E-state index >= 15 is 0 Å². The number of nitrogens with zero attached hydrogens (tertiary/aromatic N) is 2. The third-order valence-corrected chi connectivity index (χ3v) is 7.53. The van der Waals surface area contributed by atoms with Gasteiger partial charge in [0.25, 0.3) is 5.91 Å². The zero-order valence-corrected chi connectivity index (χ0v) is 17.4. The van der Waals surface area contributed by atoms with Gasteiger partial charge in [0.05, 0.1) is 28.2 Å². The lowest BCUT2D eigenvalue weighted by Gasteiger charge is -2.34. The lowest BCUT2D eigenvalue weighted by molar-refractivity contribution is -0.122. The highest BCUT2D eigenvalue weighted by atomic mass is 32.2. The molecular weight excluding hydrogens is 414 g/mol. The maximum atomic E-state index is 12.8. The Balaban J connectivity index is 1.61. The average molecular weight is 434 g/mol. The van der Waals surface area contributed by atoms with Crippen molar-refractivity contribution in [3.8, 4) is 5.75 Å². The molecule has 0 bridgehead atoms. The lowest BCUT2D eigenvalue weighted by Crippen LogP contribution is -2.49. The van der Waals surface area contributed by atoms with Gasteiger partial charge in [-0.1, -0.05) is 23.5 Å². The lowest BCUT2D eigenvalue weighted by atomic mass is 10.2. The highest BCUT2D eigenvalue weighted by Crippen LogP contribution is 2.35. The van der Waals surface area contributed by atoms with Crippen LogP contribution in [0.2, 0.25) is 0 Å². The fourth-order valence-corrected chi connectivity index (χ4v) is 5.24. The summed E-state index contributed by atoms with van der Waals surface area (Å²) in [6.07, 6.45) is -1.00. The van der Waals surface area contributed by atoms with Gasteiger partial charge in [0.15, 0.2) is 6.10 Å². The highest BCUT2D eigenvalue weighted by molar-refractivity contribution is 7.92. The van der Waals surface area contributed by atoms with Crippen molar-refractivity contribution in [2.45, 2.75) is 13.0 Å². The van der Waals surface area contributed by atoms with E-state index in [-0.39, 0.29) is 17.2 Å². The van der Waals surface area contributed by atoms with Gasteiger partial charge in [0.1, 0.15) is 5.75 Å². The van der Waals surface area contributed by atoms with Gasteiger partial charge in [-0.15, -0.1) is 0 Å². The number of benzene rings is 2. The summed E-state index contributed by atoms with van der Waals surface area (Å²) in [5.74, 6) is -0.203. The molecule has 8 nitrogen and oxygen atoms in total. The Morgan fingerprint density at radius 2 is 2.03 bits per heavy atom. The standard InChI is InChI=1S/C19H19N3O5S2/c1-3-29(25,26)22-11-16(27-15-7-5-4-6-13(15)22)18(23)20-12-8-9-14-17(10-12)28-19(24)21(14)2/h4-10,16H,3,11H2,1-2H3,(H,20,23)/t16-/m0/s1. The number of para-hydroxylation sites is 2. The maximum absolute atomic E-state index is 12.8. The van der Waals surface area contributed by atoms with Gasteiger partial charge in [0, 0.05) is 12.7 Å². The number of aromatic nitrogens is 1. The number of carbonyl (C=O) groups excluding carboxylic acids is 1. The van der Waals surface area contributed by atoms with Gasteiger partial charge >= 0.3 is 4.87 Å². The zero-order chi connectivity index (χ0) is 20.8. The van der Waals surface area contributed by atoms with Crippen LogP contribution < -0.4 is 19.2 Å². The smallest absolute Gasteiger partial charge is 0.307 e. The molecular formula is C19H19N3O5S2. The molecule has 29 heavy (non-hydrogen) atoms. The number of sulfonamides is 1. The summed E-state index contributed by atoms with van der Waals surface area (Å²) in [5, 5.41) is 2.76. The molecule has 3 aromatic rings. The highest BCUT2D eigenvalue weighted by Gasteiger charge is 2.35. The third-order valence-electron chi connectivity index (χ3n) is 4.79. The molecule has 10 heteroatoms. The van der Waals surface area contributed by atoms with Crippen LogP contribution in [0.15, 0.2) is 47.3 Å². The van der Waals surface area contributed by atoms with E-state index in [0.717, 1.165) is 21.6 Å². The van der Waals surface area contributed by atoms with E-state index < -0.39 is 22.0 Å². The molecule has 0 saturated heterocycles. The van der Waals surface area contributed by atoms with Crippen LogP contribution in [0, 0.1) is 0 Å². The van der Waals surface area contributed by atoms with Crippen LogP contribution in [0.3, 0.4) is 0 Å². The van der Waals surface area contributed by atoms with Crippen LogP contribution in [0.4, 0.5) is 11.4 Å². The van der Waals surface area contributed by atoms with Gasteiger partial charge in [-0.2, -0.15) is 0 Å². The number of hydrogen-bond donors (Lipinski definition) is 1. The van der Waals surface area contributed by atoms with Crippen molar-refractivity contribution in [2.24, 2.45) is 7.05 Å². The number of hydrogen-bond acceptors (Lipinski definition) is 6. The van der Waals surface area contributed by atoms with E-state index in [1.807, 2.05) is 0 Å². The van der Waals surface area contributed by atoms with Crippen molar-refractivity contribution >= 4 is 48.9 Å². The monoisotopic (exact) mass is 433 g/mol. The fourth-order valence-electron chi connectivity index (χ4n) is 3.19. The Kier molecular flexibility index (Phi) is 4.83. The molecule has 1 amide bonds. The molecule has 1 N–H and O–H groups in total. The van der Waals surface area contributed by atoms with Gasteiger partial charge in [-0.3, -0.25) is 13.9 Å². The molecule has 0 saturated carbocycles. The predicted molar refractivity (Wildman–Crippen MR) is 113 cm³/mol. The Morgan fingerprint density at radius 1 is 1.28 bits per heavy atom. The summed E-state index contributed by atoms with van der Waals surface area (Å²) in [7, 11) is -1.88. The number of aryl methyl sites for hydroxylation is 1. The van der Waals surface area contributed by atoms with Crippen molar-refractivity contribution in [1.29, 1.82) is 0 Å². The van der Waals surface area contributed by atoms with Crippen LogP contribution in [-0.2, 0) is 21.9 Å². The first-order valence-corrected chi connectivity index (χ1v) is 11.4. The van der Waals surface area contributed by atoms with Gasteiger partial charge in [-0.05, 0) is 37.3 Å². The SMILES string of the molecule is CCS(=O)(=O)N1C[C@@H](C(=O)Nc2ccc3c(c2)sc(=O)n3C)Oc2ccccc21. The Hall–Kier alpha value is -2.85. The minimum Gasteiger partial charge on any atom is -0.476 e. The molecule has 0 radical (unpaired) electrons. The number of amides is 1. The largest absolute Gasteiger partial charge is 0.476 e. The van der Waals surface area contributed by atoms with Crippen molar-refractivity contribution in [1.82, 2.24) is 4.57 Å². The number of fused-ring (bicyclic) bond motifs is 2. The van der Waals surface area contributed by atoms with Crippen LogP contribution in [0.5, 0.6) is 5.75 Å². The molecule has 1 aliphatic heterocycles. The maximum Gasteiger partial charge on any atom is 0.307 e. The van der Waals surface area contributed by atoms with E-state index in [2.05, 4.69) is 5.32 Å². The van der Waals surface area contributed by atoms with Crippen LogP contribution in [-0.4, -0.2) is 37.3 Å². The number of carbonyl (C=O) groups is 1. The number of nitrogens with one attached hydrogen (secondary N) is 1. The number of anilines is 2. The molecule has 1 aliphatic rings. The van der Waals surface area contributed by atoms with E-state index in [0.29, 0.717) is 17.1 Å². The summed E-state index contributed by atoms with van der Waals surface area (Å²) in [4.78, 5) is 24.5. The Labute approximate surface area is 171 Å². The van der Waals surface area contributed by atoms with E-state index in [1.54, 1.807) is 61.0 Å². The molecule has 0 spiro atoms. The summed E-state index contributed by atoms with van der Waals surface area (Å²) < 4.78 is 34.4. The zero-order valence-electron chi connectivity index (χ0n) is 15.8. The quantitative estimate of drug-likeness (QED) is 0.680. The molecule has 1 atom stereocenters. The number of ether oxygens (including phenoxy) is 1. The van der Waals surface area contributed by atoms with Crippen LogP contribution in [0.25, 0.3) is 10.2 Å². The fraction of sp³-hybridized carbons (Fsp3) is 0.263. The van der Waals surface area contributed by atoms with Crippen molar-refractivity contribution in [2.75, 3.05) is 21.9 Å². The summed E-state index contributed by atoms with van der Waals surface area (Å²) >= 11 is 1.09. The predicted octanol–water partition coefficient (Wildman–Crippen LogP) is 2.16. The third kappa shape index (κ3) is 3.49. The molecule has 0 fully saturated rings. The van der Waals surface area contributed by atoms with Crippen molar-refractivity contribution in [3.63, 3.8) is 0 Å². The molecule has 2 heterocycles. The van der Waals surface area contributed by atoms with E-state index in [4.69, 9.17) is 4.74 Å². The second-order valence-corrected chi connectivity index (χ2v) is 9.78. The minimum atomic E-state index is -3.57. The molecule has 4 rings (SSSR count). The topological polar surface area (TPSA) is 97.7 Å². The first kappa shape index (κ1) is 19.5. The van der Waals surface area contributed by atoms with Gasteiger partial charge in [0.2, 0.25) is 10.0 Å². The molecule has 2 aromatic carbocycles. The average Bonchev–Trinajstić information content (AvgIpc) is 3.00.